The van der Waals surface area contributed by atoms with Crippen molar-refractivity contribution in [3.8, 4) is 5.75 Å². The van der Waals surface area contributed by atoms with Gasteiger partial charge in [0, 0.05) is 29.0 Å². The summed E-state index contributed by atoms with van der Waals surface area (Å²) >= 11 is 3.42. The highest BCUT2D eigenvalue weighted by Crippen LogP contribution is 2.40. The third kappa shape index (κ3) is 4.03. The first kappa shape index (κ1) is 21.8. The Kier molecular flexibility index (Phi) is 6.10. The fourth-order valence-electron chi connectivity index (χ4n) is 3.90. The monoisotopic (exact) mass is 492 g/mol. The minimum atomic E-state index is -0.731. The van der Waals surface area contributed by atoms with Crippen LogP contribution in [0.1, 0.15) is 28.3 Å². The van der Waals surface area contributed by atoms with Gasteiger partial charge < -0.3 is 14.7 Å². The molecule has 1 fully saturated rings. The van der Waals surface area contributed by atoms with Gasteiger partial charge >= 0.3 is 0 Å². The van der Waals surface area contributed by atoms with E-state index >= 15 is 0 Å². The molecule has 1 aromatic heterocycles. The van der Waals surface area contributed by atoms with Gasteiger partial charge in [-0.05, 0) is 60.0 Å². The van der Waals surface area contributed by atoms with Crippen LogP contribution in [-0.4, -0.2) is 33.8 Å². The Hall–Kier alpha value is -3.45. The number of aliphatic hydroxyl groups is 1. The molecule has 32 heavy (non-hydrogen) atoms. The summed E-state index contributed by atoms with van der Waals surface area (Å²) in [4.78, 5) is 31.8. The molecule has 0 spiro atoms. The summed E-state index contributed by atoms with van der Waals surface area (Å²) in [5.41, 5.74) is 2.83. The maximum absolute atomic E-state index is 13.1. The number of pyridine rings is 1. The number of carbonyl (C=O) groups is 2. The van der Waals surface area contributed by atoms with Crippen LogP contribution >= 0.6 is 15.9 Å². The molecule has 3 aromatic rings. The molecular formula is C25H21BrN2O4. The van der Waals surface area contributed by atoms with Gasteiger partial charge in [0.1, 0.15) is 11.5 Å². The van der Waals surface area contributed by atoms with Crippen molar-refractivity contribution in [1.82, 2.24) is 9.88 Å². The summed E-state index contributed by atoms with van der Waals surface area (Å²) in [5.74, 6) is -0.917. The molecule has 0 unspecified atom stereocenters. The lowest BCUT2D eigenvalue weighted by Crippen LogP contribution is -2.29. The van der Waals surface area contributed by atoms with E-state index in [0.29, 0.717) is 11.3 Å². The number of hydrogen-bond acceptors (Lipinski definition) is 5. The average Bonchev–Trinajstić information content (AvgIpc) is 3.04. The predicted octanol–water partition coefficient (Wildman–Crippen LogP) is 4.78. The third-order valence-electron chi connectivity index (χ3n) is 5.47. The molecule has 1 N–H and O–H groups in total. The molecule has 0 aliphatic carbocycles. The van der Waals surface area contributed by atoms with Gasteiger partial charge in [-0.1, -0.05) is 34.1 Å². The fourth-order valence-corrected chi connectivity index (χ4v) is 4.17. The van der Waals surface area contributed by atoms with E-state index in [4.69, 9.17) is 4.74 Å². The first-order chi connectivity index (χ1) is 15.4. The number of nitrogens with zero attached hydrogens (tertiary/aromatic N) is 2. The topological polar surface area (TPSA) is 79.7 Å². The molecule has 7 heteroatoms. The zero-order valence-corrected chi connectivity index (χ0v) is 19.2. The first-order valence-corrected chi connectivity index (χ1v) is 10.8. The number of amides is 1. The van der Waals surface area contributed by atoms with Crippen molar-refractivity contribution in [2.75, 3.05) is 7.11 Å². The summed E-state index contributed by atoms with van der Waals surface area (Å²) in [6, 6.07) is 15.4. The van der Waals surface area contributed by atoms with Crippen LogP contribution in [0.4, 0.5) is 0 Å². The Bertz CT molecular complexity index is 1210. The zero-order chi connectivity index (χ0) is 22.8. The quantitative estimate of drug-likeness (QED) is 0.314. The van der Waals surface area contributed by atoms with E-state index in [1.54, 1.807) is 43.8 Å². The van der Waals surface area contributed by atoms with E-state index in [1.165, 1.54) is 4.90 Å². The van der Waals surface area contributed by atoms with Crippen molar-refractivity contribution in [2.45, 2.75) is 19.5 Å². The van der Waals surface area contributed by atoms with Crippen molar-refractivity contribution in [3.63, 3.8) is 0 Å². The number of methoxy groups -OCH3 is 1. The van der Waals surface area contributed by atoms with Crippen LogP contribution < -0.4 is 4.74 Å². The highest BCUT2D eigenvalue weighted by atomic mass is 79.9. The minimum absolute atomic E-state index is 0.0609. The Morgan fingerprint density at radius 3 is 2.53 bits per heavy atom. The Morgan fingerprint density at radius 1 is 1.16 bits per heavy atom. The van der Waals surface area contributed by atoms with Crippen LogP contribution in [0.25, 0.3) is 5.76 Å². The summed E-state index contributed by atoms with van der Waals surface area (Å²) in [7, 11) is 1.57. The van der Waals surface area contributed by atoms with E-state index in [1.807, 2.05) is 37.3 Å². The number of ether oxygens (including phenoxy) is 1. The van der Waals surface area contributed by atoms with Crippen LogP contribution in [0.15, 0.2) is 77.0 Å². The number of benzene rings is 2. The van der Waals surface area contributed by atoms with Crippen molar-refractivity contribution in [1.29, 1.82) is 0 Å². The molecule has 1 amide bonds. The second-order valence-electron chi connectivity index (χ2n) is 7.52. The molecule has 0 saturated carbocycles. The summed E-state index contributed by atoms with van der Waals surface area (Å²) in [6.45, 7) is 2.04. The molecule has 6 nitrogen and oxygen atoms in total. The average molecular weight is 493 g/mol. The molecule has 0 radical (unpaired) electrons. The van der Waals surface area contributed by atoms with Crippen LogP contribution in [0.5, 0.6) is 5.75 Å². The molecule has 2 heterocycles. The van der Waals surface area contributed by atoms with Gasteiger partial charge in [-0.15, -0.1) is 0 Å². The number of hydrogen-bond donors (Lipinski definition) is 1. The van der Waals surface area contributed by atoms with E-state index < -0.39 is 17.7 Å². The van der Waals surface area contributed by atoms with Gasteiger partial charge in [-0.3, -0.25) is 14.6 Å². The van der Waals surface area contributed by atoms with E-state index in [-0.39, 0.29) is 17.9 Å². The second kappa shape index (κ2) is 8.96. The number of aryl methyl sites for hydroxylation is 1. The molecule has 2 aromatic carbocycles. The minimum Gasteiger partial charge on any atom is -0.507 e. The number of ketones is 1. The van der Waals surface area contributed by atoms with Gasteiger partial charge in [0.15, 0.2) is 0 Å². The largest absolute Gasteiger partial charge is 0.507 e. The highest BCUT2D eigenvalue weighted by molar-refractivity contribution is 9.10. The van der Waals surface area contributed by atoms with Gasteiger partial charge in [0.2, 0.25) is 0 Å². The normalized spacial score (nSPS) is 17.6. The summed E-state index contributed by atoms with van der Waals surface area (Å²) in [5, 5.41) is 11.2. The number of halogens is 1. The van der Waals surface area contributed by atoms with Gasteiger partial charge in [-0.25, -0.2) is 0 Å². The lowest BCUT2D eigenvalue weighted by Gasteiger charge is -2.25. The number of carbonyl (C=O) groups excluding carboxylic acids is 2. The van der Waals surface area contributed by atoms with E-state index in [9.17, 15) is 14.7 Å². The second-order valence-corrected chi connectivity index (χ2v) is 8.44. The lowest BCUT2D eigenvalue weighted by atomic mass is 9.94. The van der Waals surface area contributed by atoms with Crippen LogP contribution in [0, 0.1) is 6.92 Å². The Morgan fingerprint density at radius 2 is 1.91 bits per heavy atom. The standard InChI is InChI=1S/C25H21BrN2O4/c1-15-12-18(7-10-20(15)32-2)23(29)21-22(17-5-8-19(26)9-6-17)28(25(31)24(21)30)14-16-4-3-11-27-13-16/h3-13,22,29H,14H2,1-2H3/t22-/m1/s1. The summed E-state index contributed by atoms with van der Waals surface area (Å²) < 4.78 is 6.16. The lowest BCUT2D eigenvalue weighted by molar-refractivity contribution is -0.140. The van der Waals surface area contributed by atoms with Gasteiger partial charge in [-0.2, -0.15) is 0 Å². The number of aliphatic hydroxyl groups excluding tert-OH is 1. The molecule has 1 aliphatic rings. The molecule has 162 valence electrons. The van der Waals surface area contributed by atoms with Crippen molar-refractivity contribution < 1.29 is 19.4 Å². The van der Waals surface area contributed by atoms with E-state index in [2.05, 4.69) is 20.9 Å². The first-order valence-electron chi connectivity index (χ1n) is 9.98. The van der Waals surface area contributed by atoms with Crippen molar-refractivity contribution in [3.05, 3.63) is 99.3 Å². The molecule has 1 saturated heterocycles. The van der Waals surface area contributed by atoms with Crippen LogP contribution in [0.2, 0.25) is 0 Å². The maximum atomic E-state index is 13.1. The van der Waals surface area contributed by atoms with Gasteiger partial charge in [0.05, 0.1) is 18.7 Å². The summed E-state index contributed by atoms with van der Waals surface area (Å²) in [6.07, 6.45) is 3.31. The third-order valence-corrected chi connectivity index (χ3v) is 6.00. The van der Waals surface area contributed by atoms with E-state index in [0.717, 1.165) is 21.2 Å². The van der Waals surface area contributed by atoms with Crippen molar-refractivity contribution in [2.24, 2.45) is 0 Å². The zero-order valence-electron chi connectivity index (χ0n) is 17.6. The molecule has 4 rings (SSSR count). The number of Topliss-reactive ketones (excluding diaryl/α,β-unsaturated/α-hetero) is 1. The number of rotatable bonds is 5. The Balaban J connectivity index is 1.86. The predicted molar refractivity (Wildman–Crippen MR) is 124 cm³/mol. The SMILES string of the molecule is COc1ccc(C(O)=C2C(=O)C(=O)N(Cc3cccnc3)[C@@H]2c2ccc(Br)cc2)cc1C. The van der Waals surface area contributed by atoms with Crippen molar-refractivity contribution >= 4 is 33.4 Å². The smallest absolute Gasteiger partial charge is 0.295 e. The highest BCUT2D eigenvalue weighted by Gasteiger charge is 2.46. The maximum Gasteiger partial charge on any atom is 0.295 e. The number of likely N-dealkylation sites (tertiary alicyclic amines) is 1. The Labute approximate surface area is 194 Å². The fraction of sp³-hybridized carbons (Fsp3) is 0.160. The molecule has 1 atom stereocenters. The molecule has 1 aliphatic heterocycles. The molecular weight excluding hydrogens is 472 g/mol. The van der Waals surface area contributed by atoms with Gasteiger partial charge in [0.25, 0.3) is 11.7 Å². The van der Waals surface area contributed by atoms with Crippen LogP contribution in [-0.2, 0) is 16.1 Å². The molecule has 0 bridgehead atoms. The van der Waals surface area contributed by atoms with Crippen LogP contribution in [0.3, 0.4) is 0 Å². The number of aromatic nitrogens is 1.